The van der Waals surface area contributed by atoms with Gasteiger partial charge in [0, 0.05) is 30.0 Å². The van der Waals surface area contributed by atoms with Crippen LogP contribution >= 0.6 is 15.9 Å². The van der Waals surface area contributed by atoms with Crippen molar-refractivity contribution in [2.45, 2.75) is 37.3 Å². The van der Waals surface area contributed by atoms with Crippen LogP contribution in [0.2, 0.25) is 0 Å². The third-order valence-electron chi connectivity index (χ3n) is 5.42. The van der Waals surface area contributed by atoms with Gasteiger partial charge in [-0.1, -0.05) is 28.1 Å². The highest BCUT2D eigenvalue weighted by Gasteiger charge is 2.43. The Bertz CT molecular complexity index is 872. The molecule has 0 amide bonds. The summed E-state index contributed by atoms with van der Waals surface area (Å²) >= 11 is 3.64. The van der Waals surface area contributed by atoms with Crippen LogP contribution in [0.4, 0.5) is 0 Å². The first-order valence-electron chi connectivity index (χ1n) is 9.72. The number of fused-ring (bicyclic) bond motifs is 1. The zero-order valence-electron chi connectivity index (χ0n) is 16.3. The molecule has 0 spiro atoms. The minimum atomic E-state index is -1.09. The first-order valence-corrected chi connectivity index (χ1v) is 10.5. The monoisotopic (exact) mass is 464 g/mol. The first kappa shape index (κ1) is 20.6. The summed E-state index contributed by atoms with van der Waals surface area (Å²) in [7, 11) is 1.56. The lowest BCUT2D eigenvalue weighted by atomic mass is 9.91. The molecule has 3 atom stereocenters. The Morgan fingerprint density at radius 3 is 2.69 bits per heavy atom. The van der Waals surface area contributed by atoms with Gasteiger partial charge < -0.3 is 29.2 Å². The second kappa shape index (κ2) is 8.62. The van der Waals surface area contributed by atoms with Crippen molar-refractivity contribution in [2.75, 3.05) is 26.9 Å². The third kappa shape index (κ3) is 4.29. The molecule has 2 N–H and O–H groups in total. The Balaban J connectivity index is 1.63. The van der Waals surface area contributed by atoms with Gasteiger partial charge in [-0.2, -0.15) is 0 Å². The number of ether oxygens (including phenoxy) is 4. The lowest BCUT2D eigenvalue weighted by Crippen LogP contribution is -2.46. The largest absolute Gasteiger partial charge is 0.486 e. The van der Waals surface area contributed by atoms with Crippen molar-refractivity contribution >= 4 is 15.9 Å². The lowest BCUT2D eigenvalue weighted by molar-refractivity contribution is -0.298. The molecule has 156 valence electrons. The van der Waals surface area contributed by atoms with E-state index in [1.165, 1.54) is 0 Å². The smallest absolute Gasteiger partial charge is 0.197 e. The number of rotatable bonds is 5. The summed E-state index contributed by atoms with van der Waals surface area (Å²) in [6.45, 7) is 0.958. The van der Waals surface area contributed by atoms with Crippen LogP contribution in [-0.4, -0.2) is 49.4 Å². The van der Waals surface area contributed by atoms with Crippen molar-refractivity contribution in [1.82, 2.24) is 0 Å². The molecule has 2 aliphatic heterocycles. The molecule has 3 unspecified atom stereocenters. The Morgan fingerprint density at radius 1 is 1.14 bits per heavy atom. The minimum absolute atomic E-state index is 0.164. The molecular weight excluding hydrogens is 440 g/mol. The molecule has 0 aromatic heterocycles. The number of methoxy groups -OCH3 is 1. The fourth-order valence-corrected chi connectivity index (χ4v) is 4.36. The summed E-state index contributed by atoms with van der Waals surface area (Å²) < 4.78 is 24.1. The van der Waals surface area contributed by atoms with E-state index in [4.69, 9.17) is 18.9 Å². The van der Waals surface area contributed by atoms with Crippen LogP contribution in [0.25, 0.3) is 0 Å². The maximum absolute atomic E-state index is 10.3. The van der Waals surface area contributed by atoms with Crippen LogP contribution < -0.4 is 9.47 Å². The number of benzene rings is 2. The van der Waals surface area contributed by atoms with E-state index in [-0.39, 0.29) is 6.61 Å². The average Bonchev–Trinajstić information content (AvgIpc) is 2.74. The molecule has 2 aromatic rings. The van der Waals surface area contributed by atoms with Crippen molar-refractivity contribution in [3.8, 4) is 11.5 Å². The molecule has 0 saturated carbocycles. The molecule has 0 aliphatic carbocycles. The van der Waals surface area contributed by atoms with E-state index in [0.717, 1.165) is 32.7 Å². The van der Waals surface area contributed by atoms with Gasteiger partial charge >= 0.3 is 0 Å². The van der Waals surface area contributed by atoms with Crippen LogP contribution in [-0.2, 0) is 21.7 Å². The number of halogens is 1. The van der Waals surface area contributed by atoms with Gasteiger partial charge in [-0.05, 0) is 41.8 Å². The predicted octanol–water partition coefficient (Wildman–Crippen LogP) is 3.14. The third-order valence-corrected chi connectivity index (χ3v) is 6.19. The standard InChI is InChI=1S/C22H25BrO6/c1-26-22(12-17(25)11-18(13-24)29-22)16-3-4-19(23)15(10-16)8-14-2-5-20-21(9-14)28-7-6-27-20/h2-5,9-10,17-18,24-25H,6-8,11-13H2,1H3. The average molecular weight is 465 g/mol. The van der Waals surface area contributed by atoms with Gasteiger partial charge in [0.1, 0.15) is 13.2 Å². The van der Waals surface area contributed by atoms with Crippen molar-refractivity contribution < 1.29 is 29.2 Å². The zero-order valence-corrected chi connectivity index (χ0v) is 17.9. The summed E-state index contributed by atoms with van der Waals surface area (Å²) in [4.78, 5) is 0. The highest BCUT2D eigenvalue weighted by molar-refractivity contribution is 9.10. The SMILES string of the molecule is COC1(c2ccc(Br)c(Cc3ccc4c(c3)OCCO4)c2)CC(O)CC(CO)O1. The molecule has 7 heteroatoms. The van der Waals surface area contributed by atoms with Crippen molar-refractivity contribution in [2.24, 2.45) is 0 Å². The van der Waals surface area contributed by atoms with Gasteiger partial charge in [0.15, 0.2) is 17.3 Å². The second-order valence-electron chi connectivity index (χ2n) is 7.43. The van der Waals surface area contributed by atoms with Gasteiger partial charge in [0.05, 0.1) is 18.8 Å². The van der Waals surface area contributed by atoms with Crippen molar-refractivity contribution in [3.63, 3.8) is 0 Å². The van der Waals surface area contributed by atoms with E-state index in [9.17, 15) is 10.2 Å². The molecule has 0 radical (unpaired) electrons. The van der Waals surface area contributed by atoms with E-state index in [1.807, 2.05) is 36.4 Å². The van der Waals surface area contributed by atoms with Crippen LogP contribution in [0.5, 0.6) is 11.5 Å². The first-order chi connectivity index (χ1) is 14.0. The maximum atomic E-state index is 10.3. The number of aliphatic hydroxyl groups excluding tert-OH is 2. The summed E-state index contributed by atoms with van der Waals surface area (Å²) in [5, 5.41) is 19.9. The molecule has 2 aromatic carbocycles. The highest BCUT2D eigenvalue weighted by Crippen LogP contribution is 2.40. The van der Waals surface area contributed by atoms with Gasteiger partial charge in [-0.3, -0.25) is 0 Å². The topological polar surface area (TPSA) is 77.4 Å². The molecule has 1 fully saturated rings. The Kier molecular flexibility index (Phi) is 6.13. The molecule has 1 saturated heterocycles. The maximum Gasteiger partial charge on any atom is 0.197 e. The molecule has 0 bridgehead atoms. The molecule has 29 heavy (non-hydrogen) atoms. The quantitative estimate of drug-likeness (QED) is 0.707. The Hall–Kier alpha value is -1.64. The van der Waals surface area contributed by atoms with E-state index in [0.29, 0.717) is 32.5 Å². The molecule has 2 heterocycles. The zero-order chi connectivity index (χ0) is 20.4. The summed E-state index contributed by atoms with van der Waals surface area (Å²) in [5.74, 6) is 0.442. The Labute approximate surface area is 178 Å². The molecular formula is C22H25BrO6. The van der Waals surface area contributed by atoms with Gasteiger partial charge in [-0.15, -0.1) is 0 Å². The Morgan fingerprint density at radius 2 is 1.93 bits per heavy atom. The van der Waals surface area contributed by atoms with E-state index in [2.05, 4.69) is 15.9 Å². The normalized spacial score (nSPS) is 26.3. The summed E-state index contributed by atoms with van der Waals surface area (Å²) in [6, 6.07) is 11.9. The molecule has 6 nitrogen and oxygen atoms in total. The van der Waals surface area contributed by atoms with E-state index >= 15 is 0 Å². The number of hydrogen-bond donors (Lipinski definition) is 2. The number of hydrogen-bond acceptors (Lipinski definition) is 6. The molecule has 4 rings (SSSR count). The van der Waals surface area contributed by atoms with Crippen molar-refractivity contribution in [3.05, 3.63) is 57.6 Å². The molecule has 2 aliphatic rings. The fourth-order valence-electron chi connectivity index (χ4n) is 3.97. The van der Waals surface area contributed by atoms with Gasteiger partial charge in [-0.25, -0.2) is 0 Å². The van der Waals surface area contributed by atoms with Crippen LogP contribution in [0, 0.1) is 0 Å². The van der Waals surface area contributed by atoms with Crippen molar-refractivity contribution in [1.29, 1.82) is 0 Å². The van der Waals surface area contributed by atoms with Crippen LogP contribution in [0.1, 0.15) is 29.5 Å². The van der Waals surface area contributed by atoms with Gasteiger partial charge in [0.2, 0.25) is 0 Å². The second-order valence-corrected chi connectivity index (χ2v) is 8.29. The fraction of sp³-hybridized carbons (Fsp3) is 0.455. The number of aliphatic hydroxyl groups is 2. The lowest BCUT2D eigenvalue weighted by Gasteiger charge is -2.42. The van der Waals surface area contributed by atoms with Crippen LogP contribution in [0.3, 0.4) is 0 Å². The highest BCUT2D eigenvalue weighted by atomic mass is 79.9. The predicted molar refractivity (Wildman–Crippen MR) is 110 cm³/mol. The van der Waals surface area contributed by atoms with E-state index in [1.54, 1.807) is 7.11 Å². The summed E-state index contributed by atoms with van der Waals surface area (Å²) in [5.41, 5.74) is 2.96. The summed E-state index contributed by atoms with van der Waals surface area (Å²) in [6.07, 6.45) is 0.304. The minimum Gasteiger partial charge on any atom is -0.486 e. The van der Waals surface area contributed by atoms with Crippen LogP contribution in [0.15, 0.2) is 40.9 Å². The van der Waals surface area contributed by atoms with E-state index < -0.39 is 18.0 Å². The van der Waals surface area contributed by atoms with Gasteiger partial charge in [0.25, 0.3) is 0 Å².